The van der Waals surface area contributed by atoms with Gasteiger partial charge in [0, 0.05) is 11.3 Å². The predicted molar refractivity (Wildman–Crippen MR) is 93.1 cm³/mol. The van der Waals surface area contributed by atoms with Crippen molar-refractivity contribution in [1.29, 1.82) is 0 Å². The molecule has 7 nitrogen and oxygen atoms in total. The van der Waals surface area contributed by atoms with Crippen molar-refractivity contribution in [2.45, 2.75) is 6.92 Å². The van der Waals surface area contributed by atoms with Gasteiger partial charge in [-0.1, -0.05) is 23.5 Å². The van der Waals surface area contributed by atoms with Crippen LogP contribution in [0.15, 0.2) is 36.7 Å². The normalized spacial score (nSPS) is 10.5. The Hall–Kier alpha value is -2.87. The van der Waals surface area contributed by atoms with E-state index < -0.39 is 0 Å². The lowest BCUT2D eigenvalue weighted by molar-refractivity contribution is 0.0951. The van der Waals surface area contributed by atoms with E-state index in [0.29, 0.717) is 23.2 Å². The van der Waals surface area contributed by atoms with Crippen molar-refractivity contribution in [3.63, 3.8) is 0 Å². The Kier molecular flexibility index (Phi) is 4.76. The monoisotopic (exact) mass is 343 g/mol. The van der Waals surface area contributed by atoms with Crippen molar-refractivity contribution in [1.82, 2.24) is 20.5 Å². The van der Waals surface area contributed by atoms with Crippen LogP contribution < -0.4 is 15.8 Å². The summed E-state index contributed by atoms with van der Waals surface area (Å²) in [6.45, 7) is 2.73. The van der Waals surface area contributed by atoms with Gasteiger partial charge in [-0.2, -0.15) is 5.10 Å². The van der Waals surface area contributed by atoms with Crippen molar-refractivity contribution in [3.05, 3.63) is 47.2 Å². The number of aryl methyl sites for hydroxylation is 1. The number of nitrogens with two attached hydrogens (primary N) is 1. The minimum atomic E-state index is -0.199. The van der Waals surface area contributed by atoms with Crippen LogP contribution in [0.1, 0.15) is 15.4 Å². The quantitative estimate of drug-likeness (QED) is 0.595. The Labute approximate surface area is 142 Å². The zero-order valence-electron chi connectivity index (χ0n) is 13.1. The fourth-order valence-electron chi connectivity index (χ4n) is 2.21. The summed E-state index contributed by atoms with van der Waals surface area (Å²) in [6, 6.07) is 7.75. The molecule has 124 valence electrons. The number of hydrogen-bond acceptors (Lipinski definition) is 6. The van der Waals surface area contributed by atoms with Crippen molar-refractivity contribution in [2.24, 2.45) is 0 Å². The van der Waals surface area contributed by atoms with Gasteiger partial charge in [-0.05, 0) is 24.6 Å². The van der Waals surface area contributed by atoms with Crippen LogP contribution in [0.2, 0.25) is 0 Å². The fourth-order valence-corrected chi connectivity index (χ4v) is 2.81. The molecule has 0 bridgehead atoms. The van der Waals surface area contributed by atoms with Crippen LogP contribution in [0.4, 0.5) is 5.13 Å². The Morgan fingerprint density at radius 3 is 3.00 bits per heavy atom. The van der Waals surface area contributed by atoms with E-state index in [1.807, 2.05) is 31.2 Å². The van der Waals surface area contributed by atoms with Crippen LogP contribution in [0.25, 0.3) is 11.1 Å². The van der Waals surface area contributed by atoms with Crippen molar-refractivity contribution < 1.29 is 9.53 Å². The Bertz CT molecular complexity index is 842. The van der Waals surface area contributed by atoms with E-state index in [1.165, 1.54) is 6.20 Å². The SMILES string of the molecule is Cc1[nH]ncc1-c1cccc(OCCNC(=O)c2cnc(N)s2)c1. The van der Waals surface area contributed by atoms with Crippen LogP contribution in [0.3, 0.4) is 0 Å². The number of nitrogens with zero attached hydrogens (tertiary/aromatic N) is 2. The first kappa shape index (κ1) is 16.0. The number of aromatic amines is 1. The van der Waals surface area contributed by atoms with Crippen LogP contribution >= 0.6 is 11.3 Å². The lowest BCUT2D eigenvalue weighted by atomic mass is 10.1. The van der Waals surface area contributed by atoms with Crippen molar-refractivity contribution in [3.8, 4) is 16.9 Å². The molecular formula is C16H17N5O2S. The molecule has 0 unspecified atom stereocenters. The minimum Gasteiger partial charge on any atom is -0.492 e. The number of rotatable bonds is 6. The van der Waals surface area contributed by atoms with Gasteiger partial charge in [0.05, 0.1) is 18.9 Å². The molecule has 3 rings (SSSR count). The van der Waals surface area contributed by atoms with Crippen LogP contribution in [-0.2, 0) is 0 Å². The predicted octanol–water partition coefficient (Wildman–Crippen LogP) is 2.23. The molecular weight excluding hydrogens is 326 g/mol. The zero-order chi connectivity index (χ0) is 16.9. The Morgan fingerprint density at radius 1 is 1.42 bits per heavy atom. The number of H-pyrrole nitrogens is 1. The number of anilines is 1. The maximum Gasteiger partial charge on any atom is 0.263 e. The second-order valence-electron chi connectivity index (χ2n) is 5.10. The third-order valence-electron chi connectivity index (χ3n) is 3.38. The Morgan fingerprint density at radius 2 is 2.29 bits per heavy atom. The lowest BCUT2D eigenvalue weighted by Crippen LogP contribution is -2.27. The number of carbonyl (C=O) groups is 1. The topological polar surface area (TPSA) is 106 Å². The molecule has 0 aliphatic heterocycles. The third-order valence-corrected chi connectivity index (χ3v) is 4.20. The van der Waals surface area contributed by atoms with Crippen LogP contribution in [0, 0.1) is 6.92 Å². The third kappa shape index (κ3) is 3.72. The molecule has 24 heavy (non-hydrogen) atoms. The first-order valence-corrected chi connectivity index (χ1v) is 8.18. The molecule has 0 spiro atoms. The average molecular weight is 343 g/mol. The van der Waals surface area contributed by atoms with Gasteiger partial charge < -0.3 is 15.8 Å². The molecule has 0 fully saturated rings. The lowest BCUT2D eigenvalue weighted by Gasteiger charge is -2.08. The Balaban J connectivity index is 1.52. The maximum atomic E-state index is 11.9. The van der Waals surface area contributed by atoms with Gasteiger partial charge >= 0.3 is 0 Å². The molecule has 4 N–H and O–H groups in total. The van der Waals surface area contributed by atoms with Gasteiger partial charge in [-0.3, -0.25) is 9.89 Å². The number of benzene rings is 1. The van der Waals surface area contributed by atoms with Gasteiger partial charge in [0.2, 0.25) is 0 Å². The molecule has 0 aliphatic carbocycles. The highest BCUT2D eigenvalue weighted by molar-refractivity contribution is 7.17. The van der Waals surface area contributed by atoms with E-state index in [1.54, 1.807) is 6.20 Å². The molecule has 0 atom stereocenters. The van der Waals surface area contributed by atoms with E-state index in [-0.39, 0.29) is 5.91 Å². The minimum absolute atomic E-state index is 0.199. The highest BCUT2D eigenvalue weighted by Gasteiger charge is 2.09. The first-order chi connectivity index (χ1) is 11.6. The molecule has 0 saturated carbocycles. The summed E-state index contributed by atoms with van der Waals surface area (Å²) in [6.07, 6.45) is 3.25. The van der Waals surface area contributed by atoms with Crippen LogP contribution in [0.5, 0.6) is 5.75 Å². The number of carbonyl (C=O) groups excluding carboxylic acids is 1. The van der Waals surface area contributed by atoms with Gasteiger partial charge in [0.15, 0.2) is 5.13 Å². The van der Waals surface area contributed by atoms with E-state index in [2.05, 4.69) is 20.5 Å². The second kappa shape index (κ2) is 7.14. The maximum absolute atomic E-state index is 11.9. The molecule has 1 aromatic carbocycles. The fraction of sp³-hybridized carbons (Fsp3) is 0.188. The molecule has 0 aliphatic rings. The summed E-state index contributed by atoms with van der Waals surface area (Å²) in [5, 5.41) is 10.1. The summed E-state index contributed by atoms with van der Waals surface area (Å²) in [5.74, 6) is 0.542. The van der Waals surface area contributed by atoms with E-state index in [9.17, 15) is 4.79 Å². The standard InChI is InChI=1S/C16H17N5O2S/c1-10-13(8-20-21-10)11-3-2-4-12(7-11)23-6-5-18-15(22)14-9-19-16(17)24-14/h2-4,7-9H,5-6H2,1H3,(H2,17,19)(H,18,22)(H,20,21). The first-order valence-electron chi connectivity index (χ1n) is 7.36. The number of nitrogen functional groups attached to an aromatic ring is 1. The van der Waals surface area contributed by atoms with Gasteiger partial charge in [0.25, 0.3) is 5.91 Å². The van der Waals surface area contributed by atoms with E-state index >= 15 is 0 Å². The highest BCUT2D eigenvalue weighted by Crippen LogP contribution is 2.25. The van der Waals surface area contributed by atoms with Crippen molar-refractivity contribution >= 4 is 22.4 Å². The van der Waals surface area contributed by atoms with E-state index in [4.69, 9.17) is 10.5 Å². The summed E-state index contributed by atoms with van der Waals surface area (Å²) >= 11 is 1.16. The smallest absolute Gasteiger partial charge is 0.263 e. The average Bonchev–Trinajstić information content (AvgIpc) is 3.20. The number of amides is 1. The molecule has 2 aromatic heterocycles. The largest absolute Gasteiger partial charge is 0.492 e. The molecule has 8 heteroatoms. The number of ether oxygens (including phenoxy) is 1. The summed E-state index contributed by atoms with van der Waals surface area (Å²) < 4.78 is 5.69. The summed E-state index contributed by atoms with van der Waals surface area (Å²) in [5.41, 5.74) is 8.58. The second-order valence-corrected chi connectivity index (χ2v) is 6.17. The van der Waals surface area contributed by atoms with Gasteiger partial charge in [0.1, 0.15) is 17.2 Å². The molecule has 0 saturated heterocycles. The number of hydrogen-bond donors (Lipinski definition) is 3. The van der Waals surface area contributed by atoms with Gasteiger partial charge in [-0.15, -0.1) is 0 Å². The highest BCUT2D eigenvalue weighted by atomic mass is 32.1. The number of thiazole rings is 1. The van der Waals surface area contributed by atoms with Crippen LogP contribution in [-0.4, -0.2) is 34.2 Å². The molecule has 2 heterocycles. The molecule has 1 amide bonds. The van der Waals surface area contributed by atoms with Crippen molar-refractivity contribution in [2.75, 3.05) is 18.9 Å². The summed E-state index contributed by atoms with van der Waals surface area (Å²) in [4.78, 5) is 16.2. The van der Waals surface area contributed by atoms with Gasteiger partial charge in [-0.25, -0.2) is 4.98 Å². The number of nitrogens with one attached hydrogen (secondary N) is 2. The molecule has 3 aromatic rings. The zero-order valence-corrected chi connectivity index (χ0v) is 13.9. The number of aromatic nitrogens is 3. The molecule has 0 radical (unpaired) electrons. The van der Waals surface area contributed by atoms with E-state index in [0.717, 1.165) is 33.9 Å². The summed E-state index contributed by atoms with van der Waals surface area (Å²) in [7, 11) is 0.